The maximum Gasteiger partial charge on any atom is 0.410 e. The quantitative estimate of drug-likeness (QED) is 0.509. The van der Waals surface area contributed by atoms with E-state index in [4.69, 9.17) is 13.7 Å². The number of hydrogen-bond donors (Lipinski definition) is 0. The molecule has 1 saturated carbocycles. The summed E-state index contributed by atoms with van der Waals surface area (Å²) in [6.45, 7) is 7.45. The molecule has 2 aliphatic heterocycles. The SMILES string of the molecule is CCOC(=O)C1CC2(CCC3(CC2)O[S+](C)C3(C)C)CN1C(=O)OCc1ccccc1. The van der Waals surface area contributed by atoms with Crippen molar-refractivity contribution >= 4 is 23.2 Å². The highest BCUT2D eigenvalue weighted by Gasteiger charge is 2.72. The summed E-state index contributed by atoms with van der Waals surface area (Å²) in [6.07, 6.45) is 6.22. The first-order valence-electron chi connectivity index (χ1n) is 11.2. The second-order valence-electron chi connectivity index (χ2n) is 9.68. The van der Waals surface area contributed by atoms with Crippen LogP contribution in [0.25, 0.3) is 0 Å². The van der Waals surface area contributed by atoms with E-state index in [0.717, 1.165) is 31.2 Å². The summed E-state index contributed by atoms with van der Waals surface area (Å²) in [5.41, 5.74) is 0.795. The van der Waals surface area contributed by atoms with E-state index < -0.39 is 12.1 Å². The Bertz CT molecular complexity index is 819. The van der Waals surface area contributed by atoms with E-state index in [0.29, 0.717) is 19.6 Å². The van der Waals surface area contributed by atoms with Gasteiger partial charge in [0.15, 0.2) is 21.5 Å². The number of amides is 1. The van der Waals surface area contributed by atoms with E-state index in [-0.39, 0.29) is 39.5 Å². The molecule has 4 rings (SSSR count). The lowest BCUT2D eigenvalue weighted by atomic mass is 9.64. The molecule has 0 radical (unpaired) electrons. The predicted molar refractivity (Wildman–Crippen MR) is 120 cm³/mol. The van der Waals surface area contributed by atoms with E-state index in [1.807, 2.05) is 30.3 Å². The molecule has 0 bridgehead atoms. The van der Waals surface area contributed by atoms with E-state index in [1.165, 1.54) is 0 Å². The third kappa shape index (κ3) is 3.95. The van der Waals surface area contributed by atoms with Crippen molar-refractivity contribution in [3.05, 3.63) is 35.9 Å². The molecule has 2 spiro atoms. The third-order valence-electron chi connectivity index (χ3n) is 7.73. The van der Waals surface area contributed by atoms with Crippen molar-refractivity contribution in [2.45, 2.75) is 75.9 Å². The van der Waals surface area contributed by atoms with Crippen LogP contribution < -0.4 is 0 Å². The van der Waals surface area contributed by atoms with Gasteiger partial charge in [0.1, 0.15) is 18.9 Å². The van der Waals surface area contributed by atoms with E-state index in [1.54, 1.807) is 11.8 Å². The minimum atomic E-state index is -0.576. The van der Waals surface area contributed by atoms with Gasteiger partial charge >= 0.3 is 12.1 Å². The van der Waals surface area contributed by atoms with Crippen molar-refractivity contribution in [1.82, 2.24) is 4.90 Å². The number of esters is 1. The standard InChI is InChI=1S/C24H34NO5S/c1-5-28-20(26)19-15-23(11-13-24(14-12-23)22(2,3)31(4)30-24)17-25(19)21(27)29-16-18-9-7-6-8-10-18/h6-10,19H,5,11-17H2,1-4H3/q+1. The predicted octanol–water partition coefficient (Wildman–Crippen LogP) is 4.23. The molecule has 3 aliphatic rings. The fourth-order valence-corrected chi connectivity index (χ4v) is 7.12. The van der Waals surface area contributed by atoms with Gasteiger partial charge in [-0.1, -0.05) is 30.3 Å². The Balaban J connectivity index is 1.45. The number of nitrogens with zero attached hydrogens (tertiary/aromatic N) is 1. The topological polar surface area (TPSA) is 65.1 Å². The molecular weight excluding hydrogens is 414 g/mol. The van der Waals surface area contributed by atoms with E-state index in [9.17, 15) is 9.59 Å². The van der Waals surface area contributed by atoms with Gasteiger partial charge in [-0.2, -0.15) is 4.18 Å². The minimum Gasteiger partial charge on any atom is -0.464 e. The van der Waals surface area contributed by atoms with Crippen LogP contribution in [0.15, 0.2) is 30.3 Å². The van der Waals surface area contributed by atoms with Crippen LogP contribution in [0, 0.1) is 5.41 Å². The number of likely N-dealkylation sites (tertiary alicyclic amines) is 1. The summed E-state index contributed by atoms with van der Waals surface area (Å²) in [5, 5.41) is 0. The van der Waals surface area contributed by atoms with Gasteiger partial charge in [0.25, 0.3) is 0 Å². The lowest BCUT2D eigenvalue weighted by Crippen LogP contribution is -2.69. The molecule has 0 N–H and O–H groups in total. The van der Waals surface area contributed by atoms with Crippen LogP contribution >= 0.6 is 0 Å². The molecule has 2 heterocycles. The number of carbonyl (C=O) groups excluding carboxylic acids is 2. The average Bonchev–Trinajstić information content (AvgIpc) is 3.14. The Morgan fingerprint density at radius 3 is 2.39 bits per heavy atom. The van der Waals surface area contributed by atoms with Gasteiger partial charge in [0, 0.05) is 6.54 Å². The smallest absolute Gasteiger partial charge is 0.410 e. The van der Waals surface area contributed by atoms with Crippen LogP contribution in [-0.4, -0.2) is 52.8 Å². The van der Waals surface area contributed by atoms with Crippen LogP contribution in [0.5, 0.6) is 0 Å². The number of hydrogen-bond acceptors (Lipinski definition) is 5. The zero-order chi connectivity index (χ0) is 22.3. The van der Waals surface area contributed by atoms with Crippen LogP contribution in [0.2, 0.25) is 0 Å². The van der Waals surface area contributed by atoms with Crippen LogP contribution in [0.1, 0.15) is 58.4 Å². The average molecular weight is 449 g/mol. The number of rotatable bonds is 4. The van der Waals surface area contributed by atoms with Crippen LogP contribution in [0.4, 0.5) is 4.79 Å². The van der Waals surface area contributed by atoms with Crippen molar-refractivity contribution in [1.29, 1.82) is 0 Å². The van der Waals surface area contributed by atoms with Crippen molar-refractivity contribution in [3.8, 4) is 0 Å². The van der Waals surface area contributed by atoms with E-state index >= 15 is 0 Å². The van der Waals surface area contributed by atoms with Crippen molar-refractivity contribution in [2.75, 3.05) is 19.4 Å². The second-order valence-corrected chi connectivity index (χ2v) is 11.8. The molecule has 1 aromatic rings. The molecule has 1 aromatic carbocycles. The van der Waals surface area contributed by atoms with Gasteiger partial charge in [-0.05, 0) is 63.9 Å². The summed E-state index contributed by atoms with van der Waals surface area (Å²) in [4.78, 5) is 27.3. The monoisotopic (exact) mass is 448 g/mol. The molecule has 0 aromatic heterocycles. The zero-order valence-corrected chi connectivity index (χ0v) is 19.8. The Hall–Kier alpha value is -1.73. The minimum absolute atomic E-state index is 0.0132. The molecular formula is C24H34NO5S+. The molecule has 1 aliphatic carbocycles. The molecule has 170 valence electrons. The number of carbonyl (C=O) groups is 2. The van der Waals surface area contributed by atoms with Crippen molar-refractivity contribution < 1.29 is 23.2 Å². The Morgan fingerprint density at radius 2 is 1.81 bits per heavy atom. The summed E-state index contributed by atoms with van der Waals surface area (Å²) in [7, 11) is 0. The van der Waals surface area contributed by atoms with Gasteiger partial charge in [-0.15, -0.1) is 0 Å². The van der Waals surface area contributed by atoms with Gasteiger partial charge in [-0.25, -0.2) is 9.59 Å². The second kappa shape index (κ2) is 8.32. The highest BCUT2D eigenvalue weighted by molar-refractivity contribution is 7.94. The Morgan fingerprint density at radius 1 is 1.13 bits per heavy atom. The summed E-state index contributed by atoms with van der Waals surface area (Å²) < 4.78 is 17.4. The largest absolute Gasteiger partial charge is 0.464 e. The number of benzene rings is 1. The fraction of sp³-hybridized carbons (Fsp3) is 0.667. The highest BCUT2D eigenvalue weighted by Crippen LogP contribution is 2.59. The lowest BCUT2D eigenvalue weighted by Gasteiger charge is -2.54. The molecule has 7 heteroatoms. The maximum absolute atomic E-state index is 13.0. The Kier molecular flexibility index (Phi) is 6.03. The van der Waals surface area contributed by atoms with Gasteiger partial charge in [0.05, 0.1) is 6.61 Å². The maximum atomic E-state index is 13.0. The van der Waals surface area contributed by atoms with Gasteiger partial charge < -0.3 is 9.47 Å². The molecule has 3 fully saturated rings. The fourth-order valence-electron chi connectivity index (χ4n) is 5.40. The van der Waals surface area contributed by atoms with Crippen molar-refractivity contribution in [2.24, 2.45) is 5.41 Å². The first-order chi connectivity index (χ1) is 14.7. The normalized spacial score (nSPS) is 33.9. The molecule has 2 unspecified atom stereocenters. The lowest BCUT2D eigenvalue weighted by molar-refractivity contribution is -0.148. The Labute approximate surface area is 188 Å². The van der Waals surface area contributed by atoms with Crippen molar-refractivity contribution in [3.63, 3.8) is 0 Å². The van der Waals surface area contributed by atoms with Gasteiger partial charge in [0.2, 0.25) is 0 Å². The zero-order valence-electron chi connectivity index (χ0n) is 19.0. The van der Waals surface area contributed by atoms with Gasteiger partial charge in [-0.3, -0.25) is 4.90 Å². The molecule has 2 atom stereocenters. The number of ether oxygens (including phenoxy) is 2. The summed E-state index contributed by atoms with van der Waals surface area (Å²) >= 11 is -0.0132. The van der Waals surface area contributed by atoms with Crippen LogP contribution in [0.3, 0.4) is 0 Å². The van der Waals surface area contributed by atoms with Crippen LogP contribution in [-0.2, 0) is 36.2 Å². The molecule has 1 amide bonds. The third-order valence-corrected chi connectivity index (χ3v) is 10.1. The molecule has 2 saturated heterocycles. The first-order valence-corrected chi connectivity index (χ1v) is 12.8. The molecule has 31 heavy (non-hydrogen) atoms. The first kappa shape index (κ1) is 22.5. The summed E-state index contributed by atoms with van der Waals surface area (Å²) in [5.74, 6) is -0.327. The molecule has 6 nitrogen and oxygen atoms in total. The van der Waals surface area contributed by atoms with E-state index in [2.05, 4.69) is 20.1 Å². The summed E-state index contributed by atoms with van der Waals surface area (Å²) in [6, 6.07) is 9.02. The highest BCUT2D eigenvalue weighted by atomic mass is 32.2.